The molecule has 37 heavy (non-hydrogen) atoms. The molecule has 0 aliphatic carbocycles. The van der Waals surface area contributed by atoms with Gasteiger partial charge in [-0.25, -0.2) is 9.59 Å². The van der Waals surface area contributed by atoms with E-state index in [4.69, 9.17) is 10.5 Å². The highest BCUT2D eigenvalue weighted by molar-refractivity contribution is 6.10. The number of benzene rings is 2. The highest BCUT2D eigenvalue weighted by Crippen LogP contribution is 2.25. The van der Waals surface area contributed by atoms with Crippen molar-refractivity contribution in [1.29, 1.82) is 0 Å². The van der Waals surface area contributed by atoms with E-state index in [0.29, 0.717) is 11.1 Å². The van der Waals surface area contributed by atoms with Crippen LogP contribution in [-0.4, -0.2) is 71.6 Å². The number of aliphatic hydroxyl groups is 1. The van der Waals surface area contributed by atoms with Gasteiger partial charge in [0.15, 0.2) is 6.10 Å². The van der Waals surface area contributed by atoms with Crippen molar-refractivity contribution in [2.24, 2.45) is 5.73 Å². The van der Waals surface area contributed by atoms with E-state index in [9.17, 15) is 24.3 Å². The Hall–Kier alpha value is -3.76. The van der Waals surface area contributed by atoms with Crippen LogP contribution in [0.5, 0.6) is 0 Å². The molecule has 2 aromatic carbocycles. The van der Waals surface area contributed by atoms with Gasteiger partial charge in [-0.3, -0.25) is 14.5 Å². The molecular weight excluding hydrogens is 478 g/mol. The van der Waals surface area contributed by atoms with Crippen LogP contribution in [0.25, 0.3) is 0 Å². The van der Waals surface area contributed by atoms with Crippen molar-refractivity contribution in [1.82, 2.24) is 10.2 Å². The average molecular weight is 514 g/mol. The molecule has 2 aromatic rings. The number of hydrogen-bond donors (Lipinski definition) is 3. The predicted molar refractivity (Wildman–Crippen MR) is 136 cm³/mol. The first kappa shape index (κ1) is 29.5. The Bertz CT molecular complexity index is 1040. The van der Waals surface area contributed by atoms with Crippen LogP contribution in [0.4, 0.5) is 0 Å². The number of nitrogens with two attached hydrogens (primary N) is 1. The number of likely N-dealkylation sites (N-methyl/N-ethyl adjacent to an activating group) is 1. The van der Waals surface area contributed by atoms with Gasteiger partial charge in [-0.15, -0.1) is 0 Å². The largest absolute Gasteiger partial charge is 0.467 e. The van der Waals surface area contributed by atoms with Crippen LogP contribution in [-0.2, 0) is 41.7 Å². The minimum Gasteiger partial charge on any atom is -0.467 e. The third-order valence-electron chi connectivity index (χ3n) is 6.10. The number of aliphatic hydroxyl groups excluding tert-OH is 1. The Morgan fingerprint density at radius 3 is 2.00 bits per heavy atom. The van der Waals surface area contributed by atoms with Gasteiger partial charge in [0.1, 0.15) is 6.61 Å². The van der Waals surface area contributed by atoms with Crippen molar-refractivity contribution in [3.05, 3.63) is 71.8 Å². The highest BCUT2D eigenvalue weighted by Gasteiger charge is 2.53. The van der Waals surface area contributed by atoms with E-state index in [1.54, 1.807) is 68.4 Å². The van der Waals surface area contributed by atoms with Crippen LogP contribution in [0.15, 0.2) is 60.7 Å². The molecule has 3 atom stereocenters. The second-order valence-corrected chi connectivity index (χ2v) is 8.48. The molecule has 10 heteroatoms. The Kier molecular flexibility index (Phi) is 11.2. The predicted octanol–water partition coefficient (Wildman–Crippen LogP) is 0.947. The standard InChI is InChI=1S/C27H35N3O7/c1-4-30(5-2)27(17-22(28)31,26(35)37-18-20-14-10-7-11-15-20)25(34)29-21(23(32)24(33)36-3)16-19-12-8-6-9-13-19/h6-15,21,23,32H,4-5,16-18H2,1-3H3,(H2,28,31)(H,29,34)/t21-,23-,27-/m0/s1. The molecule has 0 unspecified atom stereocenters. The van der Waals surface area contributed by atoms with Gasteiger partial charge in [0, 0.05) is 0 Å². The SMILES string of the molecule is CCN(CC)[C@@](CC(N)=O)(C(=O)N[C@@H](Cc1ccccc1)[C@H](O)C(=O)OC)C(=O)OCc1ccccc1. The number of nitrogens with one attached hydrogen (secondary N) is 1. The summed E-state index contributed by atoms with van der Waals surface area (Å²) in [6.45, 7) is 3.73. The molecular formula is C27H35N3O7. The molecule has 4 N–H and O–H groups in total. The second-order valence-electron chi connectivity index (χ2n) is 8.48. The van der Waals surface area contributed by atoms with Crippen molar-refractivity contribution in [2.75, 3.05) is 20.2 Å². The van der Waals surface area contributed by atoms with Gasteiger partial charge in [-0.05, 0) is 30.6 Å². The molecule has 0 saturated heterocycles. The lowest BCUT2D eigenvalue weighted by molar-refractivity contribution is -0.168. The number of primary amides is 1. The van der Waals surface area contributed by atoms with Gasteiger partial charge >= 0.3 is 11.9 Å². The summed E-state index contributed by atoms with van der Waals surface area (Å²) < 4.78 is 10.2. The molecule has 200 valence electrons. The van der Waals surface area contributed by atoms with Gasteiger partial charge in [-0.1, -0.05) is 74.5 Å². The maximum Gasteiger partial charge on any atom is 0.337 e. The molecule has 0 bridgehead atoms. The number of carbonyl (C=O) groups is 4. The maximum atomic E-state index is 13.9. The van der Waals surface area contributed by atoms with E-state index in [-0.39, 0.29) is 26.1 Å². The van der Waals surface area contributed by atoms with Crippen LogP contribution < -0.4 is 11.1 Å². The molecule has 0 fully saturated rings. The highest BCUT2D eigenvalue weighted by atomic mass is 16.5. The zero-order valence-electron chi connectivity index (χ0n) is 21.4. The van der Waals surface area contributed by atoms with Crippen LogP contribution in [0.1, 0.15) is 31.4 Å². The van der Waals surface area contributed by atoms with Gasteiger partial charge in [0.05, 0.1) is 19.6 Å². The summed E-state index contributed by atoms with van der Waals surface area (Å²) in [4.78, 5) is 53.3. The van der Waals surface area contributed by atoms with Crippen LogP contribution in [0.3, 0.4) is 0 Å². The fourth-order valence-electron chi connectivity index (χ4n) is 4.17. The minimum absolute atomic E-state index is 0.0484. The molecule has 0 radical (unpaired) electrons. The molecule has 2 rings (SSSR count). The topological polar surface area (TPSA) is 148 Å². The summed E-state index contributed by atoms with van der Waals surface area (Å²) in [5.41, 5.74) is 4.79. The van der Waals surface area contributed by atoms with E-state index in [1.165, 1.54) is 4.90 Å². The number of rotatable bonds is 14. The van der Waals surface area contributed by atoms with Crippen molar-refractivity contribution < 1.29 is 33.8 Å². The lowest BCUT2D eigenvalue weighted by Gasteiger charge is -2.39. The Labute approximate surface area is 216 Å². The summed E-state index contributed by atoms with van der Waals surface area (Å²) in [6.07, 6.45) is -2.36. The lowest BCUT2D eigenvalue weighted by atomic mass is 9.89. The first-order valence-corrected chi connectivity index (χ1v) is 12.0. The fourth-order valence-corrected chi connectivity index (χ4v) is 4.17. The van der Waals surface area contributed by atoms with Crippen LogP contribution in [0.2, 0.25) is 0 Å². The summed E-state index contributed by atoms with van der Waals surface area (Å²) >= 11 is 0. The molecule has 2 amide bonds. The molecule has 0 saturated carbocycles. The summed E-state index contributed by atoms with van der Waals surface area (Å²) in [5.74, 6) is -3.75. The molecule has 0 spiro atoms. The number of hydrogen-bond acceptors (Lipinski definition) is 8. The van der Waals surface area contributed by atoms with Gasteiger partial charge in [0.25, 0.3) is 5.91 Å². The Balaban J connectivity index is 2.47. The first-order chi connectivity index (χ1) is 17.7. The Morgan fingerprint density at radius 1 is 0.973 bits per heavy atom. The first-order valence-electron chi connectivity index (χ1n) is 12.0. The van der Waals surface area contributed by atoms with E-state index in [2.05, 4.69) is 10.1 Å². The van der Waals surface area contributed by atoms with Gasteiger partial charge < -0.3 is 25.6 Å². The summed E-state index contributed by atoms with van der Waals surface area (Å²) in [7, 11) is 1.11. The van der Waals surface area contributed by atoms with E-state index in [0.717, 1.165) is 7.11 Å². The second kappa shape index (κ2) is 14.1. The summed E-state index contributed by atoms with van der Waals surface area (Å²) in [5, 5.41) is 13.3. The van der Waals surface area contributed by atoms with Gasteiger partial charge in [-0.2, -0.15) is 0 Å². The maximum absolute atomic E-state index is 13.9. The third-order valence-corrected chi connectivity index (χ3v) is 6.10. The number of methoxy groups -OCH3 is 1. The normalized spacial score (nSPS) is 14.2. The molecule has 0 aromatic heterocycles. The number of esters is 2. The van der Waals surface area contributed by atoms with E-state index < -0.39 is 47.9 Å². The number of nitrogens with zero attached hydrogens (tertiary/aromatic N) is 1. The van der Waals surface area contributed by atoms with Crippen molar-refractivity contribution in [3.63, 3.8) is 0 Å². The summed E-state index contributed by atoms with van der Waals surface area (Å²) in [6, 6.07) is 16.6. The fraction of sp³-hybridized carbons (Fsp3) is 0.407. The van der Waals surface area contributed by atoms with Crippen molar-refractivity contribution >= 4 is 23.8 Å². The average Bonchev–Trinajstić information content (AvgIpc) is 2.91. The quantitative estimate of drug-likeness (QED) is 0.250. The molecule has 0 aliphatic rings. The van der Waals surface area contributed by atoms with E-state index >= 15 is 0 Å². The van der Waals surface area contributed by atoms with Crippen molar-refractivity contribution in [2.45, 2.75) is 51.0 Å². The number of carbonyl (C=O) groups excluding carboxylic acids is 4. The molecule has 0 aliphatic heterocycles. The number of ether oxygens (including phenoxy) is 2. The van der Waals surface area contributed by atoms with Gasteiger partial charge in [0.2, 0.25) is 11.4 Å². The zero-order chi connectivity index (χ0) is 27.4. The van der Waals surface area contributed by atoms with E-state index in [1.807, 2.05) is 6.07 Å². The smallest absolute Gasteiger partial charge is 0.337 e. The lowest BCUT2D eigenvalue weighted by Crippen LogP contribution is -2.67. The van der Waals surface area contributed by atoms with Crippen LogP contribution in [0, 0.1) is 0 Å². The monoisotopic (exact) mass is 513 g/mol. The van der Waals surface area contributed by atoms with Crippen LogP contribution >= 0.6 is 0 Å². The number of amides is 2. The Morgan fingerprint density at radius 2 is 1.51 bits per heavy atom. The third kappa shape index (κ3) is 7.61. The minimum atomic E-state index is -2.13. The van der Waals surface area contributed by atoms with Crippen molar-refractivity contribution in [3.8, 4) is 0 Å². The zero-order valence-corrected chi connectivity index (χ0v) is 21.4. The molecule has 10 nitrogen and oxygen atoms in total. The molecule has 0 heterocycles.